The fourth-order valence-electron chi connectivity index (χ4n) is 1.84. The minimum Gasteiger partial charge on any atom is -0.493 e. The fourth-order valence-corrected chi connectivity index (χ4v) is 2.17. The molecule has 0 saturated carbocycles. The SMILES string of the molecule is CCOc1ccccc1C=CC(=O)Nc1ccc(Br)cc1F. The van der Waals surface area contributed by atoms with E-state index < -0.39 is 11.7 Å². The second kappa shape index (κ2) is 7.75. The van der Waals surface area contributed by atoms with Gasteiger partial charge in [-0.15, -0.1) is 0 Å². The van der Waals surface area contributed by atoms with Crippen LogP contribution < -0.4 is 10.1 Å². The first-order valence-corrected chi connectivity index (χ1v) is 7.55. The number of amides is 1. The van der Waals surface area contributed by atoms with E-state index in [2.05, 4.69) is 21.2 Å². The van der Waals surface area contributed by atoms with Crippen LogP contribution in [0.4, 0.5) is 10.1 Å². The Hall–Kier alpha value is -2.14. The van der Waals surface area contributed by atoms with E-state index in [-0.39, 0.29) is 5.69 Å². The minimum atomic E-state index is -0.495. The van der Waals surface area contributed by atoms with Gasteiger partial charge < -0.3 is 10.1 Å². The summed E-state index contributed by atoms with van der Waals surface area (Å²) < 4.78 is 19.7. The van der Waals surface area contributed by atoms with Crippen LogP contribution in [-0.2, 0) is 4.79 Å². The zero-order valence-electron chi connectivity index (χ0n) is 12.0. The summed E-state index contributed by atoms with van der Waals surface area (Å²) in [5.74, 6) is -0.206. The molecule has 1 N–H and O–H groups in total. The molecule has 0 aliphatic carbocycles. The Kier molecular flexibility index (Phi) is 5.72. The van der Waals surface area contributed by atoms with Crippen molar-refractivity contribution in [3.05, 3.63) is 64.4 Å². The fraction of sp³-hybridized carbons (Fsp3) is 0.118. The molecule has 0 aliphatic rings. The molecule has 22 heavy (non-hydrogen) atoms. The lowest BCUT2D eigenvalue weighted by Crippen LogP contribution is -2.09. The predicted octanol–water partition coefficient (Wildman–Crippen LogP) is 4.64. The number of carbonyl (C=O) groups excluding carboxylic acids is 1. The average molecular weight is 364 g/mol. The van der Waals surface area contributed by atoms with E-state index in [1.165, 1.54) is 18.2 Å². The van der Waals surface area contributed by atoms with Crippen LogP contribution >= 0.6 is 15.9 Å². The minimum absolute atomic E-state index is 0.135. The molecule has 0 bridgehead atoms. The highest BCUT2D eigenvalue weighted by molar-refractivity contribution is 9.10. The number of nitrogens with one attached hydrogen (secondary N) is 1. The molecular weight excluding hydrogens is 349 g/mol. The second-order valence-electron chi connectivity index (χ2n) is 4.42. The van der Waals surface area contributed by atoms with E-state index in [9.17, 15) is 9.18 Å². The molecule has 0 unspecified atom stereocenters. The third-order valence-corrected chi connectivity index (χ3v) is 3.32. The molecule has 0 fully saturated rings. The summed E-state index contributed by atoms with van der Waals surface area (Å²) in [6.07, 6.45) is 2.98. The number of hydrogen-bond donors (Lipinski definition) is 1. The molecule has 5 heteroatoms. The highest BCUT2D eigenvalue weighted by Crippen LogP contribution is 2.21. The van der Waals surface area contributed by atoms with Gasteiger partial charge in [0.1, 0.15) is 11.6 Å². The molecule has 1 amide bonds. The molecule has 2 aromatic carbocycles. The number of benzene rings is 2. The van der Waals surface area contributed by atoms with Gasteiger partial charge in [-0.05, 0) is 37.3 Å². The molecule has 0 atom stereocenters. The van der Waals surface area contributed by atoms with Gasteiger partial charge >= 0.3 is 0 Å². The van der Waals surface area contributed by atoms with Crippen molar-refractivity contribution in [3.63, 3.8) is 0 Å². The van der Waals surface area contributed by atoms with Crippen LogP contribution in [0.15, 0.2) is 53.0 Å². The van der Waals surface area contributed by atoms with Crippen LogP contribution in [0, 0.1) is 5.82 Å². The highest BCUT2D eigenvalue weighted by Gasteiger charge is 2.05. The van der Waals surface area contributed by atoms with Gasteiger partial charge in [-0.1, -0.05) is 34.1 Å². The quantitative estimate of drug-likeness (QED) is 0.785. The lowest BCUT2D eigenvalue weighted by Gasteiger charge is -2.06. The number of para-hydroxylation sites is 1. The Balaban J connectivity index is 2.08. The summed E-state index contributed by atoms with van der Waals surface area (Å²) in [4.78, 5) is 11.9. The predicted molar refractivity (Wildman–Crippen MR) is 89.4 cm³/mol. The van der Waals surface area contributed by atoms with Crippen molar-refractivity contribution in [2.75, 3.05) is 11.9 Å². The molecule has 0 heterocycles. The van der Waals surface area contributed by atoms with Crippen molar-refractivity contribution < 1.29 is 13.9 Å². The first-order chi connectivity index (χ1) is 10.6. The normalized spacial score (nSPS) is 10.7. The summed E-state index contributed by atoms with van der Waals surface area (Å²) >= 11 is 3.17. The van der Waals surface area contributed by atoms with E-state index in [0.29, 0.717) is 16.8 Å². The van der Waals surface area contributed by atoms with Gasteiger partial charge in [0.2, 0.25) is 5.91 Å². The molecule has 2 rings (SSSR count). The van der Waals surface area contributed by atoms with E-state index >= 15 is 0 Å². The lowest BCUT2D eigenvalue weighted by atomic mass is 10.2. The monoisotopic (exact) mass is 363 g/mol. The third-order valence-electron chi connectivity index (χ3n) is 2.82. The Morgan fingerprint density at radius 3 is 2.82 bits per heavy atom. The maximum absolute atomic E-state index is 13.6. The van der Waals surface area contributed by atoms with Gasteiger partial charge in [0.15, 0.2) is 0 Å². The van der Waals surface area contributed by atoms with E-state index in [1.54, 1.807) is 12.1 Å². The summed E-state index contributed by atoms with van der Waals surface area (Å²) in [5.41, 5.74) is 0.923. The van der Waals surface area contributed by atoms with Crippen molar-refractivity contribution in [1.82, 2.24) is 0 Å². The second-order valence-corrected chi connectivity index (χ2v) is 5.33. The van der Waals surface area contributed by atoms with Crippen LogP contribution in [0.25, 0.3) is 6.08 Å². The average Bonchev–Trinajstić information content (AvgIpc) is 2.49. The molecule has 2 aromatic rings. The Labute approximate surface area is 136 Å². The first-order valence-electron chi connectivity index (χ1n) is 6.76. The van der Waals surface area contributed by atoms with Crippen LogP contribution in [0.5, 0.6) is 5.75 Å². The maximum atomic E-state index is 13.6. The standard InChI is InChI=1S/C17H15BrFNO2/c1-2-22-16-6-4-3-5-12(16)7-10-17(21)20-15-9-8-13(18)11-14(15)19/h3-11H,2H2,1H3,(H,20,21). The van der Waals surface area contributed by atoms with E-state index in [4.69, 9.17) is 4.74 Å². The largest absolute Gasteiger partial charge is 0.493 e. The molecule has 0 aromatic heterocycles. The van der Waals surface area contributed by atoms with Crippen LogP contribution in [-0.4, -0.2) is 12.5 Å². The molecule has 3 nitrogen and oxygen atoms in total. The summed E-state index contributed by atoms with van der Waals surface area (Å²) in [6.45, 7) is 2.44. The van der Waals surface area contributed by atoms with Gasteiger partial charge in [0.25, 0.3) is 0 Å². The van der Waals surface area contributed by atoms with E-state index in [0.717, 1.165) is 5.56 Å². The summed E-state index contributed by atoms with van der Waals surface area (Å²) in [7, 11) is 0. The highest BCUT2D eigenvalue weighted by atomic mass is 79.9. The van der Waals surface area contributed by atoms with Crippen molar-refractivity contribution in [2.45, 2.75) is 6.92 Å². The number of anilines is 1. The molecule has 0 aliphatic heterocycles. The number of hydrogen-bond acceptors (Lipinski definition) is 2. The Morgan fingerprint density at radius 1 is 1.32 bits per heavy atom. The van der Waals surface area contributed by atoms with Crippen LogP contribution in [0.1, 0.15) is 12.5 Å². The maximum Gasteiger partial charge on any atom is 0.248 e. The number of rotatable bonds is 5. The first kappa shape index (κ1) is 16.2. The number of carbonyl (C=O) groups is 1. The summed E-state index contributed by atoms with van der Waals surface area (Å²) in [6, 6.07) is 11.8. The van der Waals surface area contributed by atoms with Crippen molar-refractivity contribution in [1.29, 1.82) is 0 Å². The molecular formula is C17H15BrFNO2. The third kappa shape index (κ3) is 4.43. The Morgan fingerprint density at radius 2 is 2.09 bits per heavy atom. The van der Waals surface area contributed by atoms with Crippen molar-refractivity contribution in [3.8, 4) is 5.75 Å². The zero-order chi connectivity index (χ0) is 15.9. The molecule has 114 valence electrons. The zero-order valence-corrected chi connectivity index (χ0v) is 13.6. The topological polar surface area (TPSA) is 38.3 Å². The molecule has 0 spiro atoms. The van der Waals surface area contributed by atoms with Gasteiger partial charge in [0, 0.05) is 16.1 Å². The molecule has 0 radical (unpaired) electrons. The van der Waals surface area contributed by atoms with Gasteiger partial charge in [-0.2, -0.15) is 0 Å². The smallest absolute Gasteiger partial charge is 0.248 e. The summed E-state index contributed by atoms with van der Waals surface area (Å²) in [5, 5.41) is 2.50. The van der Waals surface area contributed by atoms with Gasteiger partial charge in [-0.3, -0.25) is 4.79 Å². The van der Waals surface area contributed by atoms with E-state index in [1.807, 2.05) is 31.2 Å². The van der Waals surface area contributed by atoms with Gasteiger partial charge in [0.05, 0.1) is 12.3 Å². The van der Waals surface area contributed by atoms with Crippen LogP contribution in [0.3, 0.4) is 0 Å². The molecule has 0 saturated heterocycles. The van der Waals surface area contributed by atoms with Crippen molar-refractivity contribution in [2.24, 2.45) is 0 Å². The number of halogens is 2. The van der Waals surface area contributed by atoms with Gasteiger partial charge in [-0.25, -0.2) is 4.39 Å². The Bertz CT molecular complexity index is 701. The number of ether oxygens (including phenoxy) is 1. The van der Waals surface area contributed by atoms with Crippen molar-refractivity contribution >= 4 is 33.6 Å². The lowest BCUT2D eigenvalue weighted by molar-refractivity contribution is -0.111. The van der Waals surface area contributed by atoms with Crippen LogP contribution in [0.2, 0.25) is 0 Å².